The van der Waals surface area contributed by atoms with Crippen LogP contribution in [-0.2, 0) is 11.0 Å². The number of rotatable bonds is 6. The molecule has 7 nitrogen and oxygen atoms in total. The number of amides is 1. The number of carbonyl (C=O) groups is 2. The number of halogens is 4. The molecular formula is C20H15F4N3O4. The third-order valence-electron chi connectivity index (χ3n) is 4.29. The fraction of sp³-hybridized carbons (Fsp3) is 0.150. The number of aromatic nitrogens is 2. The molecule has 1 aromatic heterocycles. The van der Waals surface area contributed by atoms with Gasteiger partial charge in [-0.2, -0.15) is 18.3 Å². The molecule has 0 saturated carbocycles. The quantitative estimate of drug-likeness (QED) is 0.511. The number of carboxylic acid groups (broad SMARTS) is 1. The smallest absolute Gasteiger partial charge is 0.416 e. The second-order valence-corrected chi connectivity index (χ2v) is 6.52. The van der Waals surface area contributed by atoms with Gasteiger partial charge in [-0.25, -0.2) is 9.07 Å². The van der Waals surface area contributed by atoms with Gasteiger partial charge in [0.15, 0.2) is 5.69 Å². The second kappa shape index (κ2) is 8.46. The molecule has 0 unspecified atom stereocenters. The minimum absolute atomic E-state index is 0.0623. The van der Waals surface area contributed by atoms with Crippen LogP contribution in [0.25, 0.3) is 5.69 Å². The summed E-state index contributed by atoms with van der Waals surface area (Å²) in [6, 6.07) is 8.49. The highest BCUT2D eigenvalue weighted by Gasteiger charge is 2.31. The Morgan fingerprint density at radius 3 is 2.39 bits per heavy atom. The summed E-state index contributed by atoms with van der Waals surface area (Å²) in [5.41, 5.74) is -1.12. The number of benzene rings is 2. The zero-order chi connectivity index (χ0) is 22.8. The number of hydrogen-bond acceptors (Lipinski definition) is 4. The zero-order valence-electron chi connectivity index (χ0n) is 15.6. The first kappa shape index (κ1) is 21.8. The van der Waals surface area contributed by atoms with E-state index in [1.807, 2.05) is 0 Å². The molecule has 3 N–H and O–H groups in total. The maximum atomic E-state index is 13.1. The van der Waals surface area contributed by atoms with E-state index in [4.69, 9.17) is 5.11 Å². The predicted molar refractivity (Wildman–Crippen MR) is 99.1 cm³/mol. The number of aromatic hydroxyl groups is 1. The molecule has 3 rings (SSSR count). The molecule has 0 aliphatic heterocycles. The summed E-state index contributed by atoms with van der Waals surface area (Å²) in [5, 5.41) is 25.4. The molecular weight excluding hydrogens is 422 g/mol. The van der Waals surface area contributed by atoms with Crippen molar-refractivity contribution in [2.45, 2.75) is 18.6 Å². The molecule has 0 aliphatic rings. The lowest BCUT2D eigenvalue weighted by molar-refractivity contribution is -0.138. The van der Waals surface area contributed by atoms with Crippen LogP contribution >= 0.6 is 0 Å². The Hall–Kier alpha value is -3.89. The highest BCUT2D eigenvalue weighted by molar-refractivity contribution is 5.93. The Morgan fingerprint density at radius 2 is 1.77 bits per heavy atom. The Kier molecular flexibility index (Phi) is 5.95. The minimum Gasteiger partial charge on any atom is -0.493 e. The maximum Gasteiger partial charge on any atom is 0.416 e. The SMILES string of the molecule is O=C(O)C[C@H](NC(=O)c1cc(O)n(-c2ccc(F)cc2)n1)c1cccc(C(F)(F)F)c1. The van der Waals surface area contributed by atoms with E-state index in [1.54, 1.807) is 0 Å². The molecule has 1 atom stereocenters. The van der Waals surface area contributed by atoms with Gasteiger partial charge < -0.3 is 15.5 Å². The Labute approximate surface area is 172 Å². The summed E-state index contributed by atoms with van der Waals surface area (Å²) in [5.74, 6) is -3.24. The molecule has 0 fully saturated rings. The lowest BCUT2D eigenvalue weighted by Crippen LogP contribution is -2.30. The number of aliphatic carboxylic acids is 1. The van der Waals surface area contributed by atoms with Gasteiger partial charge in [0.25, 0.3) is 5.91 Å². The molecule has 0 saturated heterocycles. The summed E-state index contributed by atoms with van der Waals surface area (Å²) < 4.78 is 53.0. The zero-order valence-corrected chi connectivity index (χ0v) is 15.6. The monoisotopic (exact) mass is 437 g/mol. The van der Waals surface area contributed by atoms with E-state index in [0.29, 0.717) is 0 Å². The van der Waals surface area contributed by atoms with Crippen molar-refractivity contribution >= 4 is 11.9 Å². The summed E-state index contributed by atoms with van der Waals surface area (Å²) in [7, 11) is 0. The topological polar surface area (TPSA) is 104 Å². The summed E-state index contributed by atoms with van der Waals surface area (Å²) in [4.78, 5) is 23.8. The predicted octanol–water partition coefficient (Wildman–Crippen LogP) is 3.68. The van der Waals surface area contributed by atoms with Crippen molar-refractivity contribution in [1.29, 1.82) is 0 Å². The second-order valence-electron chi connectivity index (χ2n) is 6.52. The van der Waals surface area contributed by atoms with Gasteiger partial charge in [-0.1, -0.05) is 12.1 Å². The van der Waals surface area contributed by atoms with Gasteiger partial charge in [-0.15, -0.1) is 0 Å². The molecule has 1 amide bonds. The van der Waals surface area contributed by atoms with E-state index in [9.17, 15) is 32.3 Å². The summed E-state index contributed by atoms with van der Waals surface area (Å²) in [6.07, 6.45) is -5.33. The van der Waals surface area contributed by atoms with Crippen LogP contribution in [0.2, 0.25) is 0 Å². The third-order valence-corrected chi connectivity index (χ3v) is 4.29. The van der Waals surface area contributed by atoms with Crippen molar-refractivity contribution in [3.8, 4) is 11.6 Å². The highest BCUT2D eigenvalue weighted by atomic mass is 19.4. The first-order valence-electron chi connectivity index (χ1n) is 8.79. The van der Waals surface area contributed by atoms with Crippen molar-refractivity contribution < 1.29 is 37.4 Å². The molecule has 1 heterocycles. The van der Waals surface area contributed by atoms with Gasteiger partial charge in [0.05, 0.1) is 23.7 Å². The van der Waals surface area contributed by atoms with Gasteiger partial charge >= 0.3 is 12.1 Å². The van der Waals surface area contributed by atoms with Crippen molar-refractivity contribution in [2.24, 2.45) is 0 Å². The van der Waals surface area contributed by atoms with Crippen molar-refractivity contribution in [2.75, 3.05) is 0 Å². The molecule has 0 bridgehead atoms. The molecule has 11 heteroatoms. The average molecular weight is 437 g/mol. The van der Waals surface area contributed by atoms with E-state index >= 15 is 0 Å². The molecule has 31 heavy (non-hydrogen) atoms. The number of nitrogens with zero attached hydrogens (tertiary/aromatic N) is 2. The Morgan fingerprint density at radius 1 is 1.10 bits per heavy atom. The number of nitrogens with one attached hydrogen (secondary N) is 1. The van der Waals surface area contributed by atoms with Crippen molar-refractivity contribution in [3.63, 3.8) is 0 Å². The molecule has 0 radical (unpaired) electrons. The van der Waals surface area contributed by atoms with Crippen molar-refractivity contribution in [3.05, 3.63) is 77.2 Å². The molecule has 0 spiro atoms. The molecule has 0 aliphatic carbocycles. The van der Waals surface area contributed by atoms with E-state index in [0.717, 1.165) is 41.1 Å². The van der Waals surface area contributed by atoms with Gasteiger partial charge in [0.2, 0.25) is 5.88 Å². The fourth-order valence-electron chi connectivity index (χ4n) is 2.85. The van der Waals surface area contributed by atoms with E-state index in [1.165, 1.54) is 18.2 Å². The number of carbonyl (C=O) groups excluding carboxylic acids is 1. The maximum absolute atomic E-state index is 13.1. The molecule has 2 aromatic carbocycles. The van der Waals surface area contributed by atoms with Gasteiger partial charge in [-0.05, 0) is 42.0 Å². The molecule has 162 valence electrons. The minimum atomic E-state index is -4.65. The van der Waals surface area contributed by atoms with Crippen LogP contribution in [0.4, 0.5) is 17.6 Å². The largest absolute Gasteiger partial charge is 0.493 e. The lowest BCUT2D eigenvalue weighted by atomic mass is 10.0. The van der Waals surface area contributed by atoms with Crippen LogP contribution in [0.15, 0.2) is 54.6 Å². The first-order chi connectivity index (χ1) is 14.5. The Bertz CT molecular complexity index is 1110. The Balaban J connectivity index is 1.87. The van der Waals surface area contributed by atoms with Crippen LogP contribution in [0, 0.1) is 5.82 Å². The standard InChI is InChI=1S/C20H15F4N3O4/c21-13-4-6-14(7-5-13)27-17(28)9-16(26-27)19(31)25-15(10-18(29)30)11-2-1-3-12(8-11)20(22,23)24/h1-9,15,28H,10H2,(H,25,31)(H,29,30)/t15-/m0/s1. The summed E-state index contributed by atoms with van der Waals surface area (Å²) in [6.45, 7) is 0. The number of hydrogen-bond donors (Lipinski definition) is 3. The van der Waals surface area contributed by atoms with E-state index < -0.39 is 47.8 Å². The number of carboxylic acids is 1. The van der Waals surface area contributed by atoms with Crippen LogP contribution in [-0.4, -0.2) is 31.9 Å². The lowest BCUT2D eigenvalue weighted by Gasteiger charge is -2.18. The average Bonchev–Trinajstić information content (AvgIpc) is 3.09. The van der Waals surface area contributed by atoms with Crippen molar-refractivity contribution in [1.82, 2.24) is 15.1 Å². The number of alkyl halides is 3. The van der Waals surface area contributed by atoms with E-state index in [-0.39, 0.29) is 16.9 Å². The molecule has 3 aromatic rings. The van der Waals surface area contributed by atoms with E-state index in [2.05, 4.69) is 10.4 Å². The van der Waals surface area contributed by atoms with Crippen LogP contribution in [0.3, 0.4) is 0 Å². The highest BCUT2D eigenvalue weighted by Crippen LogP contribution is 2.31. The third kappa shape index (κ3) is 5.18. The summed E-state index contributed by atoms with van der Waals surface area (Å²) >= 11 is 0. The first-order valence-corrected chi connectivity index (χ1v) is 8.79. The van der Waals surface area contributed by atoms with Gasteiger partial charge in [0.1, 0.15) is 5.82 Å². The van der Waals surface area contributed by atoms with Crippen LogP contribution in [0.1, 0.15) is 34.1 Å². The van der Waals surface area contributed by atoms with Crippen LogP contribution < -0.4 is 5.32 Å². The fourth-order valence-corrected chi connectivity index (χ4v) is 2.85. The normalized spacial score (nSPS) is 12.4. The van der Waals surface area contributed by atoms with Crippen LogP contribution in [0.5, 0.6) is 5.88 Å². The van der Waals surface area contributed by atoms with Gasteiger partial charge in [0, 0.05) is 6.07 Å². The van der Waals surface area contributed by atoms with Gasteiger partial charge in [-0.3, -0.25) is 9.59 Å².